The van der Waals surface area contributed by atoms with E-state index in [0.717, 1.165) is 25.8 Å². The van der Waals surface area contributed by atoms with Crippen LogP contribution in [0.25, 0.3) is 11.1 Å². The molecule has 0 radical (unpaired) electrons. The maximum atomic E-state index is 6.03. The van der Waals surface area contributed by atoms with Gasteiger partial charge in [-0.2, -0.15) is 0 Å². The van der Waals surface area contributed by atoms with Crippen LogP contribution in [0, 0.1) is 0 Å². The van der Waals surface area contributed by atoms with E-state index in [1.807, 2.05) is 36.4 Å². The van der Waals surface area contributed by atoms with Gasteiger partial charge in [-0.15, -0.1) is 0 Å². The molecule has 0 aliphatic rings. The van der Waals surface area contributed by atoms with E-state index in [0.29, 0.717) is 5.02 Å². The van der Waals surface area contributed by atoms with Crippen molar-refractivity contribution in [2.24, 2.45) is 0 Å². The lowest BCUT2D eigenvalue weighted by atomic mass is 10.0. The Bertz CT molecular complexity index is 555. The second kappa shape index (κ2) is 5.42. The maximum Gasteiger partial charge on any atom is 0.126 e. The summed E-state index contributed by atoms with van der Waals surface area (Å²) in [7, 11) is 1.66. The highest BCUT2D eigenvalue weighted by molar-refractivity contribution is 9.10. The zero-order chi connectivity index (χ0) is 12.4. The Labute approximate surface area is 122 Å². The van der Waals surface area contributed by atoms with Crippen molar-refractivity contribution < 1.29 is 4.74 Å². The summed E-state index contributed by atoms with van der Waals surface area (Å²) in [5.41, 5.74) is 2.01. The molecule has 0 spiro atoms. The molecule has 2 rings (SSSR count). The average molecular weight is 376 g/mol. The van der Waals surface area contributed by atoms with Crippen molar-refractivity contribution >= 4 is 43.5 Å². The number of halogens is 3. The van der Waals surface area contributed by atoms with Crippen LogP contribution in [0.5, 0.6) is 5.75 Å². The van der Waals surface area contributed by atoms with Gasteiger partial charge in [0.2, 0.25) is 0 Å². The smallest absolute Gasteiger partial charge is 0.126 e. The average Bonchev–Trinajstić information content (AvgIpc) is 2.32. The molecule has 0 heterocycles. The number of hydrogen-bond acceptors (Lipinski definition) is 1. The van der Waals surface area contributed by atoms with Gasteiger partial charge in [0.15, 0.2) is 0 Å². The molecule has 0 amide bonds. The Morgan fingerprint density at radius 3 is 2.47 bits per heavy atom. The summed E-state index contributed by atoms with van der Waals surface area (Å²) >= 11 is 13.0. The van der Waals surface area contributed by atoms with Gasteiger partial charge in [-0.25, -0.2) is 0 Å². The molecule has 0 saturated heterocycles. The number of methoxy groups -OCH3 is 1. The molecule has 88 valence electrons. The van der Waals surface area contributed by atoms with Gasteiger partial charge in [-0.1, -0.05) is 43.5 Å². The summed E-state index contributed by atoms with van der Waals surface area (Å²) in [5.74, 6) is 0.816. The molecule has 0 bridgehead atoms. The molecule has 0 saturated carbocycles. The van der Waals surface area contributed by atoms with Gasteiger partial charge in [0.1, 0.15) is 5.75 Å². The van der Waals surface area contributed by atoms with Gasteiger partial charge in [-0.05, 0) is 36.4 Å². The Morgan fingerprint density at radius 2 is 1.76 bits per heavy atom. The highest BCUT2D eigenvalue weighted by Crippen LogP contribution is 2.38. The van der Waals surface area contributed by atoms with Crippen LogP contribution in [0.3, 0.4) is 0 Å². The number of hydrogen-bond donors (Lipinski definition) is 0. The van der Waals surface area contributed by atoms with Crippen LogP contribution in [-0.4, -0.2) is 7.11 Å². The molecule has 0 fully saturated rings. The second-order valence-corrected chi connectivity index (χ2v) is 5.68. The fourth-order valence-corrected chi connectivity index (χ4v) is 2.59. The van der Waals surface area contributed by atoms with Crippen molar-refractivity contribution in [3.8, 4) is 16.9 Å². The van der Waals surface area contributed by atoms with Crippen LogP contribution in [-0.2, 0) is 0 Å². The third-order valence-corrected chi connectivity index (χ3v) is 3.80. The second-order valence-electron chi connectivity index (χ2n) is 3.47. The van der Waals surface area contributed by atoms with Crippen LogP contribution in [0.2, 0.25) is 5.02 Å². The third kappa shape index (κ3) is 2.84. The molecule has 2 aromatic rings. The first-order valence-corrected chi connectivity index (χ1v) is 6.87. The van der Waals surface area contributed by atoms with E-state index in [-0.39, 0.29) is 0 Å². The molecular weight excluding hydrogens is 367 g/mol. The molecule has 0 aliphatic heterocycles. The lowest BCUT2D eigenvalue weighted by molar-refractivity contribution is 0.416. The number of ether oxygens (including phenoxy) is 1. The van der Waals surface area contributed by atoms with Crippen molar-refractivity contribution in [3.05, 3.63) is 50.4 Å². The molecule has 17 heavy (non-hydrogen) atoms. The third-order valence-electron chi connectivity index (χ3n) is 2.38. The van der Waals surface area contributed by atoms with E-state index in [1.165, 1.54) is 0 Å². The van der Waals surface area contributed by atoms with Crippen molar-refractivity contribution in [1.29, 1.82) is 0 Å². The summed E-state index contributed by atoms with van der Waals surface area (Å²) in [5, 5.41) is 0.699. The monoisotopic (exact) mass is 374 g/mol. The van der Waals surface area contributed by atoms with E-state index >= 15 is 0 Å². The van der Waals surface area contributed by atoms with Gasteiger partial charge in [0, 0.05) is 25.1 Å². The standard InChI is InChI=1S/C13H9Br2ClO/c1-17-13-5-2-8(14)6-11(13)10-7-9(16)3-4-12(10)15/h2-7H,1H3. The van der Waals surface area contributed by atoms with Crippen LogP contribution in [0.1, 0.15) is 0 Å². The first-order chi connectivity index (χ1) is 8.11. The quantitative estimate of drug-likeness (QED) is 0.669. The topological polar surface area (TPSA) is 9.23 Å². The first-order valence-electron chi connectivity index (χ1n) is 4.91. The minimum Gasteiger partial charge on any atom is -0.496 e. The molecule has 2 aromatic carbocycles. The van der Waals surface area contributed by atoms with E-state index in [2.05, 4.69) is 31.9 Å². The predicted molar refractivity (Wildman–Crippen MR) is 78.8 cm³/mol. The molecule has 0 aliphatic carbocycles. The van der Waals surface area contributed by atoms with Crippen molar-refractivity contribution in [2.75, 3.05) is 7.11 Å². The molecular formula is C13H9Br2ClO. The summed E-state index contributed by atoms with van der Waals surface area (Å²) in [6.07, 6.45) is 0. The molecule has 0 unspecified atom stereocenters. The zero-order valence-corrected chi connectivity index (χ0v) is 12.9. The van der Waals surface area contributed by atoms with E-state index in [4.69, 9.17) is 16.3 Å². The van der Waals surface area contributed by atoms with E-state index in [9.17, 15) is 0 Å². The SMILES string of the molecule is COc1ccc(Br)cc1-c1cc(Cl)ccc1Br. The summed E-state index contributed by atoms with van der Waals surface area (Å²) in [4.78, 5) is 0. The summed E-state index contributed by atoms with van der Waals surface area (Å²) in [6.45, 7) is 0. The molecule has 4 heteroatoms. The molecule has 0 atom stereocenters. The predicted octanol–water partition coefficient (Wildman–Crippen LogP) is 5.54. The van der Waals surface area contributed by atoms with Gasteiger partial charge >= 0.3 is 0 Å². The molecule has 0 N–H and O–H groups in total. The van der Waals surface area contributed by atoms with Gasteiger partial charge in [0.05, 0.1) is 7.11 Å². The van der Waals surface area contributed by atoms with Crippen molar-refractivity contribution in [2.45, 2.75) is 0 Å². The van der Waals surface area contributed by atoms with Gasteiger partial charge in [0.25, 0.3) is 0 Å². The maximum absolute atomic E-state index is 6.03. The van der Waals surface area contributed by atoms with E-state index in [1.54, 1.807) is 7.11 Å². The van der Waals surface area contributed by atoms with Crippen LogP contribution < -0.4 is 4.74 Å². The minimum atomic E-state index is 0.699. The summed E-state index contributed by atoms with van der Waals surface area (Å²) in [6, 6.07) is 11.6. The Morgan fingerprint density at radius 1 is 1.00 bits per heavy atom. The zero-order valence-electron chi connectivity index (χ0n) is 9.01. The fourth-order valence-electron chi connectivity index (χ4n) is 1.59. The van der Waals surface area contributed by atoms with Gasteiger partial charge < -0.3 is 4.74 Å². The van der Waals surface area contributed by atoms with Gasteiger partial charge in [-0.3, -0.25) is 0 Å². The lowest BCUT2D eigenvalue weighted by Crippen LogP contribution is -1.89. The first kappa shape index (κ1) is 12.9. The normalized spacial score (nSPS) is 10.4. The van der Waals surface area contributed by atoms with Crippen LogP contribution in [0.4, 0.5) is 0 Å². The fraction of sp³-hybridized carbons (Fsp3) is 0.0769. The van der Waals surface area contributed by atoms with Crippen molar-refractivity contribution in [1.82, 2.24) is 0 Å². The Hall–Kier alpha value is -0.510. The molecule has 1 nitrogen and oxygen atoms in total. The lowest BCUT2D eigenvalue weighted by Gasteiger charge is -2.11. The summed E-state index contributed by atoms with van der Waals surface area (Å²) < 4.78 is 7.35. The van der Waals surface area contributed by atoms with E-state index < -0.39 is 0 Å². The van der Waals surface area contributed by atoms with Crippen LogP contribution >= 0.6 is 43.5 Å². The largest absolute Gasteiger partial charge is 0.496 e. The minimum absolute atomic E-state index is 0.699. The highest BCUT2D eigenvalue weighted by Gasteiger charge is 2.10. The number of rotatable bonds is 2. The Balaban J connectivity index is 2.66. The Kier molecular flexibility index (Phi) is 4.13. The van der Waals surface area contributed by atoms with Crippen LogP contribution in [0.15, 0.2) is 45.3 Å². The highest BCUT2D eigenvalue weighted by atomic mass is 79.9. The molecule has 0 aromatic heterocycles. The number of benzene rings is 2. The van der Waals surface area contributed by atoms with Crippen molar-refractivity contribution in [3.63, 3.8) is 0 Å².